The molecule has 0 N–H and O–H groups in total. The van der Waals surface area contributed by atoms with E-state index in [0.717, 1.165) is 32.7 Å². The molecule has 1 aromatic rings. The molecular formula is C13H17IN2O. The van der Waals surface area contributed by atoms with Crippen molar-refractivity contribution in [3.63, 3.8) is 0 Å². The first-order valence-corrected chi connectivity index (χ1v) is 6.95. The van der Waals surface area contributed by atoms with Gasteiger partial charge in [-0.15, -0.1) is 0 Å². The summed E-state index contributed by atoms with van der Waals surface area (Å²) in [6.07, 6.45) is 0. The molecule has 3 nitrogen and oxygen atoms in total. The molecule has 4 heteroatoms. The molecule has 1 heterocycles. The van der Waals surface area contributed by atoms with Gasteiger partial charge < -0.3 is 4.90 Å². The average molecular weight is 344 g/mol. The quantitative estimate of drug-likeness (QED) is 0.766. The van der Waals surface area contributed by atoms with Crippen LogP contribution >= 0.6 is 22.6 Å². The standard InChI is InChI=1S/C13H17IN2O/c1-11(17)16-8-6-15(7-9-16)10-12-2-4-13(14)5-3-12/h2-5H,6-10H2,1H3. The Kier molecular flexibility index (Phi) is 4.39. The number of nitrogens with zero attached hydrogens (tertiary/aromatic N) is 2. The summed E-state index contributed by atoms with van der Waals surface area (Å²) >= 11 is 2.32. The lowest BCUT2D eigenvalue weighted by Crippen LogP contribution is -2.47. The SMILES string of the molecule is CC(=O)N1CCN(Cc2ccc(I)cc2)CC1. The Labute approximate surface area is 116 Å². The van der Waals surface area contributed by atoms with E-state index in [1.807, 2.05) is 4.90 Å². The maximum Gasteiger partial charge on any atom is 0.219 e. The van der Waals surface area contributed by atoms with Crippen LogP contribution in [0.4, 0.5) is 0 Å². The molecule has 0 radical (unpaired) electrons. The van der Waals surface area contributed by atoms with E-state index in [2.05, 4.69) is 51.8 Å². The Balaban J connectivity index is 1.85. The van der Waals surface area contributed by atoms with E-state index in [-0.39, 0.29) is 5.91 Å². The van der Waals surface area contributed by atoms with Crippen LogP contribution in [0.1, 0.15) is 12.5 Å². The van der Waals surface area contributed by atoms with Crippen LogP contribution in [0.15, 0.2) is 24.3 Å². The van der Waals surface area contributed by atoms with Crippen molar-refractivity contribution in [2.75, 3.05) is 26.2 Å². The Morgan fingerprint density at radius 1 is 1.18 bits per heavy atom. The zero-order valence-corrected chi connectivity index (χ0v) is 12.2. The minimum Gasteiger partial charge on any atom is -0.340 e. The van der Waals surface area contributed by atoms with Gasteiger partial charge in [-0.05, 0) is 40.3 Å². The second kappa shape index (κ2) is 5.82. The lowest BCUT2D eigenvalue weighted by Gasteiger charge is -2.34. The highest BCUT2D eigenvalue weighted by atomic mass is 127. The number of benzene rings is 1. The van der Waals surface area contributed by atoms with Gasteiger partial charge in [-0.1, -0.05) is 12.1 Å². The monoisotopic (exact) mass is 344 g/mol. The van der Waals surface area contributed by atoms with Crippen LogP contribution in [0.3, 0.4) is 0 Å². The van der Waals surface area contributed by atoms with E-state index in [0.29, 0.717) is 0 Å². The molecule has 92 valence electrons. The van der Waals surface area contributed by atoms with Crippen LogP contribution < -0.4 is 0 Å². The molecule has 17 heavy (non-hydrogen) atoms. The summed E-state index contributed by atoms with van der Waals surface area (Å²) in [5.41, 5.74) is 1.35. The lowest BCUT2D eigenvalue weighted by molar-refractivity contribution is -0.130. The van der Waals surface area contributed by atoms with E-state index < -0.39 is 0 Å². The number of hydrogen-bond acceptors (Lipinski definition) is 2. The van der Waals surface area contributed by atoms with Gasteiger partial charge in [-0.25, -0.2) is 0 Å². The predicted octanol–water partition coefficient (Wildman–Crippen LogP) is 1.96. The van der Waals surface area contributed by atoms with E-state index in [9.17, 15) is 4.79 Å². The highest BCUT2D eigenvalue weighted by molar-refractivity contribution is 14.1. The molecule has 0 saturated carbocycles. The maximum absolute atomic E-state index is 11.2. The molecule has 1 amide bonds. The van der Waals surface area contributed by atoms with Crippen molar-refractivity contribution in [2.45, 2.75) is 13.5 Å². The van der Waals surface area contributed by atoms with Crippen LogP contribution in [-0.4, -0.2) is 41.9 Å². The average Bonchev–Trinajstić information content (AvgIpc) is 2.33. The number of hydrogen-bond donors (Lipinski definition) is 0. The van der Waals surface area contributed by atoms with Gasteiger partial charge in [0.25, 0.3) is 0 Å². The number of rotatable bonds is 2. The zero-order chi connectivity index (χ0) is 12.3. The third-order valence-electron chi connectivity index (χ3n) is 3.14. The fourth-order valence-corrected chi connectivity index (χ4v) is 2.43. The molecule has 0 bridgehead atoms. The number of carbonyl (C=O) groups excluding carboxylic acids is 1. The Bertz CT molecular complexity index is 383. The summed E-state index contributed by atoms with van der Waals surface area (Å²) in [5.74, 6) is 0.193. The van der Waals surface area contributed by atoms with E-state index in [4.69, 9.17) is 0 Å². The van der Waals surface area contributed by atoms with Gasteiger partial charge in [-0.2, -0.15) is 0 Å². The highest BCUT2D eigenvalue weighted by Gasteiger charge is 2.18. The van der Waals surface area contributed by atoms with Gasteiger partial charge in [0.05, 0.1) is 0 Å². The summed E-state index contributed by atoms with van der Waals surface area (Å²) in [4.78, 5) is 15.5. The fourth-order valence-electron chi connectivity index (χ4n) is 2.07. The van der Waals surface area contributed by atoms with Crippen LogP contribution in [0, 0.1) is 3.57 Å². The van der Waals surface area contributed by atoms with Crippen molar-refractivity contribution in [1.29, 1.82) is 0 Å². The topological polar surface area (TPSA) is 23.6 Å². The number of carbonyl (C=O) groups is 1. The molecule has 0 aliphatic carbocycles. The second-order valence-electron chi connectivity index (χ2n) is 4.41. The van der Waals surface area contributed by atoms with Crippen LogP contribution in [0.5, 0.6) is 0 Å². The number of amides is 1. The van der Waals surface area contributed by atoms with E-state index in [1.165, 1.54) is 9.13 Å². The predicted molar refractivity (Wildman–Crippen MR) is 76.7 cm³/mol. The molecule has 1 aliphatic heterocycles. The molecule has 0 atom stereocenters. The molecule has 2 rings (SSSR count). The third kappa shape index (κ3) is 3.67. The Morgan fingerprint density at radius 3 is 2.29 bits per heavy atom. The Hall–Kier alpha value is -0.620. The van der Waals surface area contributed by atoms with Crippen LogP contribution in [0.25, 0.3) is 0 Å². The second-order valence-corrected chi connectivity index (χ2v) is 5.65. The maximum atomic E-state index is 11.2. The first-order chi connectivity index (χ1) is 8.15. The normalized spacial score (nSPS) is 17.2. The van der Waals surface area contributed by atoms with Gasteiger partial charge in [0.1, 0.15) is 0 Å². The minimum atomic E-state index is 0.193. The molecule has 1 aliphatic rings. The minimum absolute atomic E-state index is 0.193. The molecule has 0 unspecified atom stereocenters. The molecular weight excluding hydrogens is 327 g/mol. The third-order valence-corrected chi connectivity index (χ3v) is 3.86. The first-order valence-electron chi connectivity index (χ1n) is 5.87. The van der Waals surface area contributed by atoms with Crippen LogP contribution in [-0.2, 0) is 11.3 Å². The van der Waals surface area contributed by atoms with Gasteiger partial charge in [-0.3, -0.25) is 9.69 Å². The summed E-state index contributed by atoms with van der Waals surface area (Å²) < 4.78 is 1.27. The summed E-state index contributed by atoms with van der Waals surface area (Å²) in [6, 6.07) is 8.64. The molecule has 1 saturated heterocycles. The van der Waals surface area contributed by atoms with E-state index in [1.54, 1.807) is 6.92 Å². The zero-order valence-electron chi connectivity index (χ0n) is 10.0. The van der Waals surface area contributed by atoms with Crippen LogP contribution in [0.2, 0.25) is 0 Å². The molecule has 1 fully saturated rings. The summed E-state index contributed by atoms with van der Waals surface area (Å²) in [6.45, 7) is 6.31. The number of halogens is 1. The van der Waals surface area contributed by atoms with Crippen molar-refractivity contribution < 1.29 is 4.79 Å². The number of piperazine rings is 1. The smallest absolute Gasteiger partial charge is 0.219 e. The summed E-state index contributed by atoms with van der Waals surface area (Å²) in [7, 11) is 0. The van der Waals surface area contributed by atoms with Crippen molar-refractivity contribution in [3.8, 4) is 0 Å². The van der Waals surface area contributed by atoms with Gasteiger partial charge in [0.15, 0.2) is 0 Å². The molecule has 0 spiro atoms. The van der Waals surface area contributed by atoms with Crippen molar-refractivity contribution in [3.05, 3.63) is 33.4 Å². The first kappa shape index (κ1) is 12.8. The van der Waals surface area contributed by atoms with Gasteiger partial charge >= 0.3 is 0 Å². The lowest BCUT2D eigenvalue weighted by atomic mass is 10.2. The molecule has 1 aromatic carbocycles. The highest BCUT2D eigenvalue weighted by Crippen LogP contribution is 2.11. The largest absolute Gasteiger partial charge is 0.340 e. The Morgan fingerprint density at radius 2 is 1.76 bits per heavy atom. The van der Waals surface area contributed by atoms with Crippen molar-refractivity contribution in [1.82, 2.24) is 9.80 Å². The fraction of sp³-hybridized carbons (Fsp3) is 0.462. The summed E-state index contributed by atoms with van der Waals surface area (Å²) in [5, 5.41) is 0. The van der Waals surface area contributed by atoms with Crippen molar-refractivity contribution in [2.24, 2.45) is 0 Å². The van der Waals surface area contributed by atoms with E-state index >= 15 is 0 Å². The molecule has 0 aromatic heterocycles. The van der Waals surface area contributed by atoms with Crippen molar-refractivity contribution >= 4 is 28.5 Å². The van der Waals surface area contributed by atoms with Gasteiger partial charge in [0.2, 0.25) is 5.91 Å². The van der Waals surface area contributed by atoms with Gasteiger partial charge in [0, 0.05) is 43.2 Å².